The molecule has 0 aliphatic carbocycles. The van der Waals surface area contributed by atoms with Crippen LogP contribution in [0.15, 0.2) is 54.6 Å². The third kappa shape index (κ3) is 3.70. The van der Waals surface area contributed by atoms with Gasteiger partial charge < -0.3 is 4.74 Å². The van der Waals surface area contributed by atoms with E-state index in [-0.39, 0.29) is 5.56 Å². The standard InChI is InChI=1S/C23H21F2N3O/c1-14-7-9-16(10-8-14)13-28-23-21(15(2)27-28)19(22(24)25)12-20(26-23)17-5-4-6-18(11-17)29-3/h4-12,22H,13H2,1-3H3. The number of pyridine rings is 1. The monoisotopic (exact) mass is 393 g/mol. The van der Waals surface area contributed by atoms with Crippen molar-refractivity contribution in [3.8, 4) is 17.0 Å². The first kappa shape index (κ1) is 19.1. The molecule has 0 radical (unpaired) electrons. The zero-order valence-corrected chi connectivity index (χ0v) is 16.5. The number of ether oxygens (including phenoxy) is 1. The Morgan fingerprint density at radius 3 is 2.48 bits per heavy atom. The third-order valence-electron chi connectivity index (χ3n) is 4.96. The maximum Gasteiger partial charge on any atom is 0.264 e. The van der Waals surface area contributed by atoms with Crippen LogP contribution in [0, 0.1) is 13.8 Å². The summed E-state index contributed by atoms with van der Waals surface area (Å²) >= 11 is 0. The molecule has 0 unspecified atom stereocenters. The number of halogens is 2. The minimum absolute atomic E-state index is 0.0551. The lowest BCUT2D eigenvalue weighted by molar-refractivity contribution is 0.153. The summed E-state index contributed by atoms with van der Waals surface area (Å²) in [5.74, 6) is 0.646. The number of methoxy groups -OCH3 is 1. The zero-order valence-electron chi connectivity index (χ0n) is 16.5. The first-order valence-corrected chi connectivity index (χ1v) is 9.32. The van der Waals surface area contributed by atoms with Crippen LogP contribution >= 0.6 is 0 Å². The van der Waals surface area contributed by atoms with E-state index in [9.17, 15) is 8.78 Å². The Balaban J connectivity index is 1.89. The minimum Gasteiger partial charge on any atom is -0.497 e. The second-order valence-electron chi connectivity index (χ2n) is 7.06. The van der Waals surface area contributed by atoms with Gasteiger partial charge in [-0.15, -0.1) is 0 Å². The molecule has 2 aromatic carbocycles. The lowest BCUT2D eigenvalue weighted by atomic mass is 10.1. The summed E-state index contributed by atoms with van der Waals surface area (Å²) in [5, 5.41) is 4.93. The molecule has 29 heavy (non-hydrogen) atoms. The van der Waals surface area contributed by atoms with Crippen LogP contribution in [-0.4, -0.2) is 21.9 Å². The van der Waals surface area contributed by atoms with E-state index in [0.29, 0.717) is 40.3 Å². The van der Waals surface area contributed by atoms with Crippen LogP contribution in [0.3, 0.4) is 0 Å². The van der Waals surface area contributed by atoms with Crippen LogP contribution in [0.2, 0.25) is 0 Å². The molecule has 0 amide bonds. The van der Waals surface area contributed by atoms with E-state index in [1.807, 2.05) is 49.4 Å². The van der Waals surface area contributed by atoms with Gasteiger partial charge in [-0.1, -0.05) is 42.0 Å². The molecule has 0 saturated heterocycles. The number of rotatable bonds is 5. The maximum absolute atomic E-state index is 13.9. The van der Waals surface area contributed by atoms with E-state index in [2.05, 4.69) is 5.10 Å². The summed E-state index contributed by atoms with van der Waals surface area (Å²) in [6.07, 6.45) is -2.62. The SMILES string of the molecule is COc1cccc(-c2cc(C(F)F)c3c(C)nn(Cc4ccc(C)cc4)c3n2)c1. The van der Waals surface area contributed by atoms with E-state index >= 15 is 0 Å². The van der Waals surface area contributed by atoms with Crippen LogP contribution in [0.1, 0.15) is 28.8 Å². The molecule has 2 heterocycles. The van der Waals surface area contributed by atoms with Gasteiger partial charge >= 0.3 is 0 Å². The number of aryl methyl sites for hydroxylation is 2. The van der Waals surface area contributed by atoms with Crippen molar-refractivity contribution < 1.29 is 13.5 Å². The van der Waals surface area contributed by atoms with Gasteiger partial charge in [0.2, 0.25) is 0 Å². The predicted molar refractivity (Wildman–Crippen MR) is 109 cm³/mol. The fourth-order valence-electron chi connectivity index (χ4n) is 3.47. The van der Waals surface area contributed by atoms with E-state index < -0.39 is 6.43 Å². The molecule has 2 aromatic heterocycles. The molecule has 4 rings (SSSR count). The summed E-state index contributed by atoms with van der Waals surface area (Å²) in [7, 11) is 1.57. The Hall–Kier alpha value is -3.28. The average Bonchev–Trinajstić information content (AvgIpc) is 3.04. The lowest BCUT2D eigenvalue weighted by Gasteiger charge is -2.10. The second kappa shape index (κ2) is 7.62. The zero-order chi connectivity index (χ0) is 20.5. The van der Waals surface area contributed by atoms with Crippen LogP contribution in [0.5, 0.6) is 5.75 Å². The largest absolute Gasteiger partial charge is 0.497 e. The summed E-state index contributed by atoms with van der Waals surface area (Å²) in [6, 6.07) is 16.8. The first-order chi connectivity index (χ1) is 14.0. The highest BCUT2D eigenvalue weighted by Gasteiger charge is 2.21. The lowest BCUT2D eigenvalue weighted by Crippen LogP contribution is -2.04. The van der Waals surface area contributed by atoms with Gasteiger partial charge in [-0.2, -0.15) is 5.10 Å². The van der Waals surface area contributed by atoms with Crippen molar-refractivity contribution in [3.05, 3.63) is 77.0 Å². The van der Waals surface area contributed by atoms with Gasteiger partial charge in [-0.3, -0.25) is 0 Å². The quantitative estimate of drug-likeness (QED) is 0.436. The summed E-state index contributed by atoms with van der Waals surface area (Å²) in [6.45, 7) is 4.22. The van der Waals surface area contributed by atoms with Crippen LogP contribution < -0.4 is 4.74 Å². The van der Waals surface area contributed by atoms with E-state index in [1.165, 1.54) is 6.07 Å². The van der Waals surface area contributed by atoms with Crippen molar-refractivity contribution in [2.75, 3.05) is 7.11 Å². The smallest absolute Gasteiger partial charge is 0.264 e. The van der Waals surface area contributed by atoms with Gasteiger partial charge in [0.25, 0.3) is 6.43 Å². The molecule has 0 fully saturated rings. The Labute approximate surface area is 167 Å². The number of hydrogen-bond acceptors (Lipinski definition) is 3. The Bertz CT molecular complexity index is 1170. The molecule has 0 N–H and O–H groups in total. The summed E-state index contributed by atoms with van der Waals surface area (Å²) in [4.78, 5) is 4.71. The van der Waals surface area contributed by atoms with Crippen molar-refractivity contribution in [2.24, 2.45) is 0 Å². The molecule has 148 valence electrons. The van der Waals surface area contributed by atoms with Gasteiger partial charge in [0.05, 0.1) is 30.4 Å². The van der Waals surface area contributed by atoms with E-state index in [0.717, 1.165) is 11.1 Å². The molecule has 0 aliphatic heterocycles. The molecule has 4 aromatic rings. The number of fused-ring (bicyclic) bond motifs is 1. The van der Waals surface area contributed by atoms with Gasteiger partial charge in [-0.05, 0) is 37.6 Å². The van der Waals surface area contributed by atoms with Crippen molar-refractivity contribution in [1.29, 1.82) is 0 Å². The highest BCUT2D eigenvalue weighted by molar-refractivity contribution is 5.85. The molecule has 6 heteroatoms. The van der Waals surface area contributed by atoms with Gasteiger partial charge in [0.1, 0.15) is 5.75 Å². The van der Waals surface area contributed by atoms with Crippen molar-refractivity contribution in [3.63, 3.8) is 0 Å². The maximum atomic E-state index is 13.9. The molecular formula is C23H21F2N3O. The number of hydrogen-bond donors (Lipinski definition) is 0. The van der Waals surface area contributed by atoms with Crippen LogP contribution in [-0.2, 0) is 6.54 Å². The highest BCUT2D eigenvalue weighted by Crippen LogP contribution is 2.34. The van der Waals surface area contributed by atoms with Crippen molar-refractivity contribution >= 4 is 11.0 Å². The van der Waals surface area contributed by atoms with Gasteiger partial charge in [0.15, 0.2) is 5.65 Å². The van der Waals surface area contributed by atoms with Crippen molar-refractivity contribution in [2.45, 2.75) is 26.8 Å². The topological polar surface area (TPSA) is 39.9 Å². The van der Waals surface area contributed by atoms with Crippen molar-refractivity contribution in [1.82, 2.24) is 14.8 Å². The fraction of sp³-hybridized carbons (Fsp3) is 0.217. The number of nitrogens with zero attached hydrogens (tertiary/aromatic N) is 3. The molecule has 0 spiro atoms. The second-order valence-corrected chi connectivity index (χ2v) is 7.06. The molecule has 4 nitrogen and oxygen atoms in total. The molecule has 0 saturated carbocycles. The van der Waals surface area contributed by atoms with Gasteiger partial charge in [-0.25, -0.2) is 18.4 Å². The third-order valence-corrected chi connectivity index (χ3v) is 4.96. The normalized spacial score (nSPS) is 11.4. The molecule has 0 atom stereocenters. The van der Waals surface area contributed by atoms with Crippen LogP contribution in [0.4, 0.5) is 8.78 Å². The number of benzene rings is 2. The Kier molecular flexibility index (Phi) is 5.01. The first-order valence-electron chi connectivity index (χ1n) is 9.32. The number of alkyl halides is 2. The number of aromatic nitrogens is 3. The highest BCUT2D eigenvalue weighted by atomic mass is 19.3. The predicted octanol–water partition coefficient (Wildman–Crippen LogP) is 5.71. The average molecular weight is 393 g/mol. The molecule has 0 bridgehead atoms. The van der Waals surface area contributed by atoms with Gasteiger partial charge in [0, 0.05) is 11.1 Å². The Morgan fingerprint density at radius 2 is 1.79 bits per heavy atom. The minimum atomic E-state index is -2.62. The summed E-state index contributed by atoms with van der Waals surface area (Å²) in [5.41, 5.74) is 4.33. The Morgan fingerprint density at radius 1 is 1.03 bits per heavy atom. The summed E-state index contributed by atoms with van der Waals surface area (Å²) < 4.78 is 34.8. The fourth-order valence-corrected chi connectivity index (χ4v) is 3.47. The van der Waals surface area contributed by atoms with Crippen LogP contribution in [0.25, 0.3) is 22.3 Å². The van der Waals surface area contributed by atoms with E-state index in [1.54, 1.807) is 24.8 Å². The molecular weight excluding hydrogens is 372 g/mol. The molecule has 0 aliphatic rings. The van der Waals surface area contributed by atoms with E-state index in [4.69, 9.17) is 9.72 Å².